The Morgan fingerprint density at radius 3 is 2.85 bits per heavy atom. The molecule has 4 nitrogen and oxygen atoms in total. The standard InChI is InChI=1S/C9H13N3O/c1-11-6-7-4-2-3-5-8(7)9(10)12-13/h2-5,11,13H,6H2,1H3,(H2,10,12). The number of nitrogens with two attached hydrogens (primary N) is 1. The number of amidine groups is 1. The summed E-state index contributed by atoms with van der Waals surface area (Å²) in [5.74, 6) is 0.144. The van der Waals surface area contributed by atoms with Crippen LogP contribution in [-0.4, -0.2) is 18.1 Å². The average Bonchev–Trinajstić information content (AvgIpc) is 2.18. The van der Waals surface area contributed by atoms with Gasteiger partial charge >= 0.3 is 0 Å². The quantitative estimate of drug-likeness (QED) is 0.274. The highest BCUT2D eigenvalue weighted by Gasteiger charge is 2.04. The van der Waals surface area contributed by atoms with Crippen LogP contribution in [0.15, 0.2) is 29.4 Å². The van der Waals surface area contributed by atoms with Gasteiger partial charge in [0.25, 0.3) is 0 Å². The molecule has 0 aliphatic carbocycles. The van der Waals surface area contributed by atoms with Crippen molar-refractivity contribution in [3.05, 3.63) is 35.4 Å². The molecule has 0 bridgehead atoms. The summed E-state index contributed by atoms with van der Waals surface area (Å²) in [5, 5.41) is 14.5. The smallest absolute Gasteiger partial charge is 0.170 e. The Labute approximate surface area is 77.1 Å². The van der Waals surface area contributed by atoms with Gasteiger partial charge in [-0.1, -0.05) is 29.4 Å². The van der Waals surface area contributed by atoms with Crippen molar-refractivity contribution in [1.82, 2.24) is 5.32 Å². The zero-order chi connectivity index (χ0) is 9.68. The lowest BCUT2D eigenvalue weighted by Crippen LogP contribution is -2.17. The number of rotatable bonds is 3. The van der Waals surface area contributed by atoms with Gasteiger partial charge in [0, 0.05) is 12.1 Å². The third kappa shape index (κ3) is 2.19. The first kappa shape index (κ1) is 9.54. The van der Waals surface area contributed by atoms with E-state index in [0.717, 1.165) is 11.1 Å². The van der Waals surface area contributed by atoms with Crippen LogP contribution in [0.1, 0.15) is 11.1 Å². The van der Waals surface area contributed by atoms with Gasteiger partial charge in [0.05, 0.1) is 0 Å². The third-order valence-corrected chi connectivity index (χ3v) is 1.77. The van der Waals surface area contributed by atoms with Crippen molar-refractivity contribution in [2.75, 3.05) is 7.05 Å². The van der Waals surface area contributed by atoms with Gasteiger partial charge in [-0.05, 0) is 12.6 Å². The summed E-state index contributed by atoms with van der Waals surface area (Å²) >= 11 is 0. The zero-order valence-corrected chi connectivity index (χ0v) is 7.49. The van der Waals surface area contributed by atoms with Crippen LogP contribution in [0.5, 0.6) is 0 Å². The molecule has 0 radical (unpaired) electrons. The molecule has 0 heterocycles. The van der Waals surface area contributed by atoms with Crippen molar-refractivity contribution in [2.45, 2.75) is 6.54 Å². The largest absolute Gasteiger partial charge is 0.409 e. The van der Waals surface area contributed by atoms with Crippen LogP contribution in [0.4, 0.5) is 0 Å². The molecular weight excluding hydrogens is 166 g/mol. The second-order valence-corrected chi connectivity index (χ2v) is 2.67. The molecule has 0 aromatic heterocycles. The lowest BCUT2D eigenvalue weighted by molar-refractivity contribution is 0.318. The Bertz CT molecular complexity index is 309. The van der Waals surface area contributed by atoms with Crippen molar-refractivity contribution < 1.29 is 5.21 Å². The van der Waals surface area contributed by atoms with E-state index in [9.17, 15) is 0 Å². The number of nitrogens with one attached hydrogen (secondary N) is 1. The van der Waals surface area contributed by atoms with Gasteiger partial charge in [-0.2, -0.15) is 0 Å². The summed E-state index contributed by atoms with van der Waals surface area (Å²) in [4.78, 5) is 0. The highest BCUT2D eigenvalue weighted by molar-refractivity contribution is 5.98. The van der Waals surface area contributed by atoms with E-state index in [2.05, 4.69) is 10.5 Å². The number of hydrogen-bond donors (Lipinski definition) is 3. The van der Waals surface area contributed by atoms with E-state index in [4.69, 9.17) is 10.9 Å². The second kappa shape index (κ2) is 4.47. The minimum atomic E-state index is 0.144. The van der Waals surface area contributed by atoms with Gasteiger partial charge in [0.2, 0.25) is 0 Å². The third-order valence-electron chi connectivity index (χ3n) is 1.77. The van der Waals surface area contributed by atoms with Gasteiger partial charge in [0.15, 0.2) is 5.84 Å². The molecule has 0 aliphatic rings. The Kier molecular flexibility index (Phi) is 3.28. The van der Waals surface area contributed by atoms with Crippen LogP contribution in [0.25, 0.3) is 0 Å². The molecule has 0 saturated carbocycles. The minimum Gasteiger partial charge on any atom is -0.409 e. The molecule has 1 aromatic rings. The fourth-order valence-electron chi connectivity index (χ4n) is 1.17. The van der Waals surface area contributed by atoms with Crippen LogP contribution in [0, 0.1) is 0 Å². The van der Waals surface area contributed by atoms with E-state index >= 15 is 0 Å². The summed E-state index contributed by atoms with van der Waals surface area (Å²) < 4.78 is 0. The van der Waals surface area contributed by atoms with Crippen LogP contribution in [0.2, 0.25) is 0 Å². The first-order chi connectivity index (χ1) is 6.29. The van der Waals surface area contributed by atoms with E-state index in [1.54, 1.807) is 0 Å². The van der Waals surface area contributed by atoms with E-state index in [-0.39, 0.29) is 5.84 Å². The highest BCUT2D eigenvalue weighted by atomic mass is 16.4. The Morgan fingerprint density at radius 1 is 1.54 bits per heavy atom. The highest BCUT2D eigenvalue weighted by Crippen LogP contribution is 2.07. The van der Waals surface area contributed by atoms with Gasteiger partial charge in [-0.15, -0.1) is 0 Å². The lowest BCUT2D eigenvalue weighted by Gasteiger charge is -2.06. The van der Waals surface area contributed by atoms with Gasteiger partial charge < -0.3 is 16.3 Å². The number of nitrogens with zero attached hydrogens (tertiary/aromatic N) is 1. The molecule has 4 heteroatoms. The zero-order valence-electron chi connectivity index (χ0n) is 7.49. The van der Waals surface area contributed by atoms with E-state index < -0.39 is 0 Å². The molecule has 13 heavy (non-hydrogen) atoms. The molecular formula is C9H13N3O. The van der Waals surface area contributed by atoms with Gasteiger partial charge in [-0.25, -0.2) is 0 Å². The number of hydrogen-bond acceptors (Lipinski definition) is 3. The molecule has 0 atom stereocenters. The normalized spacial score (nSPS) is 11.6. The maximum absolute atomic E-state index is 8.52. The Hall–Kier alpha value is -1.55. The van der Waals surface area contributed by atoms with Crippen molar-refractivity contribution >= 4 is 5.84 Å². The van der Waals surface area contributed by atoms with E-state index in [0.29, 0.717) is 6.54 Å². The summed E-state index contributed by atoms with van der Waals surface area (Å²) in [7, 11) is 1.85. The van der Waals surface area contributed by atoms with E-state index in [1.165, 1.54) is 0 Å². The Morgan fingerprint density at radius 2 is 2.23 bits per heavy atom. The van der Waals surface area contributed by atoms with Crippen LogP contribution < -0.4 is 11.1 Å². The maximum atomic E-state index is 8.52. The molecule has 1 aromatic carbocycles. The summed E-state index contributed by atoms with van der Waals surface area (Å²) in [6.45, 7) is 0.701. The molecule has 4 N–H and O–H groups in total. The van der Waals surface area contributed by atoms with Crippen LogP contribution in [0.3, 0.4) is 0 Å². The fraction of sp³-hybridized carbons (Fsp3) is 0.222. The van der Waals surface area contributed by atoms with Crippen molar-refractivity contribution in [2.24, 2.45) is 10.9 Å². The fourth-order valence-corrected chi connectivity index (χ4v) is 1.17. The predicted molar refractivity (Wildman–Crippen MR) is 51.7 cm³/mol. The van der Waals surface area contributed by atoms with Gasteiger partial charge in [-0.3, -0.25) is 0 Å². The van der Waals surface area contributed by atoms with Crippen molar-refractivity contribution in [3.8, 4) is 0 Å². The first-order valence-corrected chi connectivity index (χ1v) is 4.00. The maximum Gasteiger partial charge on any atom is 0.170 e. The SMILES string of the molecule is CNCc1ccccc1C(N)=NO. The summed E-state index contributed by atoms with van der Waals surface area (Å²) in [5.41, 5.74) is 7.28. The molecule has 0 aliphatic heterocycles. The topological polar surface area (TPSA) is 70.6 Å². The first-order valence-electron chi connectivity index (χ1n) is 4.00. The summed E-state index contributed by atoms with van der Waals surface area (Å²) in [6, 6.07) is 7.53. The average molecular weight is 179 g/mol. The molecule has 1 rings (SSSR count). The number of oxime groups is 1. The molecule has 0 saturated heterocycles. The Balaban J connectivity index is 3.04. The number of benzene rings is 1. The molecule has 0 fully saturated rings. The second-order valence-electron chi connectivity index (χ2n) is 2.67. The van der Waals surface area contributed by atoms with Gasteiger partial charge in [0.1, 0.15) is 0 Å². The molecule has 70 valence electrons. The molecule has 0 spiro atoms. The molecule has 0 amide bonds. The summed E-state index contributed by atoms with van der Waals surface area (Å²) in [6.07, 6.45) is 0. The minimum absolute atomic E-state index is 0.144. The van der Waals surface area contributed by atoms with Crippen molar-refractivity contribution in [3.63, 3.8) is 0 Å². The lowest BCUT2D eigenvalue weighted by atomic mass is 10.1. The van der Waals surface area contributed by atoms with Crippen LogP contribution >= 0.6 is 0 Å². The van der Waals surface area contributed by atoms with Crippen molar-refractivity contribution in [1.29, 1.82) is 0 Å². The monoisotopic (exact) mass is 179 g/mol. The predicted octanol–water partition coefficient (Wildman–Crippen LogP) is 0.501. The van der Waals surface area contributed by atoms with E-state index in [1.807, 2.05) is 31.3 Å². The van der Waals surface area contributed by atoms with Crippen LogP contribution in [-0.2, 0) is 6.54 Å². The molecule has 0 unspecified atom stereocenters.